The third-order valence-electron chi connectivity index (χ3n) is 4.55. The Morgan fingerprint density at radius 1 is 1.33 bits per heavy atom. The topological polar surface area (TPSA) is 95.9 Å². The van der Waals surface area contributed by atoms with Crippen LogP contribution >= 0.6 is 0 Å². The number of amides is 1. The summed E-state index contributed by atoms with van der Waals surface area (Å²) in [4.78, 5) is 12.4. The molecule has 2 rings (SSSR count). The Bertz CT molecular complexity index is 503. The standard InChI is InChI=1S/C13H24N2O5S/c1-12(2,3)21(18,19)14-10-8-20-9-13(10)4-6-15(7-5-13)11(16)17/h10,14H,4-9H2,1-3H3,(H,16,17)/t10-/m1/s1. The highest BCUT2D eigenvalue weighted by Crippen LogP contribution is 2.40. The molecule has 2 heterocycles. The molecule has 8 heteroatoms. The molecule has 0 radical (unpaired) electrons. The van der Waals surface area contributed by atoms with E-state index >= 15 is 0 Å². The average molecular weight is 320 g/mol. The summed E-state index contributed by atoms with van der Waals surface area (Å²) in [6.07, 6.45) is 0.323. The Kier molecular flexibility index (Phi) is 4.25. The van der Waals surface area contributed by atoms with E-state index in [1.807, 2.05) is 0 Å². The monoisotopic (exact) mass is 320 g/mol. The van der Waals surface area contributed by atoms with Crippen LogP contribution in [0, 0.1) is 5.41 Å². The fourth-order valence-corrected chi connectivity index (χ4v) is 3.86. The first-order chi connectivity index (χ1) is 9.57. The van der Waals surface area contributed by atoms with Gasteiger partial charge in [0, 0.05) is 18.5 Å². The van der Waals surface area contributed by atoms with Crippen LogP contribution in [0.4, 0.5) is 4.79 Å². The van der Waals surface area contributed by atoms with E-state index in [0.717, 1.165) is 0 Å². The van der Waals surface area contributed by atoms with Crippen LogP contribution in [0.1, 0.15) is 33.6 Å². The number of hydrogen-bond acceptors (Lipinski definition) is 4. The first kappa shape index (κ1) is 16.5. The molecule has 0 unspecified atom stereocenters. The van der Waals surface area contributed by atoms with Gasteiger partial charge in [-0.05, 0) is 33.6 Å². The third kappa shape index (κ3) is 3.17. The summed E-state index contributed by atoms with van der Waals surface area (Å²) in [5.74, 6) is 0. The minimum Gasteiger partial charge on any atom is -0.465 e. The Balaban J connectivity index is 2.10. The summed E-state index contributed by atoms with van der Waals surface area (Å²) in [5, 5.41) is 9.01. The zero-order valence-corrected chi connectivity index (χ0v) is 13.6. The zero-order valence-electron chi connectivity index (χ0n) is 12.8. The molecule has 2 fully saturated rings. The van der Waals surface area contributed by atoms with Crippen LogP contribution < -0.4 is 4.72 Å². The molecule has 0 saturated carbocycles. The Morgan fingerprint density at radius 2 is 1.90 bits per heavy atom. The molecule has 2 saturated heterocycles. The van der Waals surface area contributed by atoms with Crippen LogP contribution in [-0.2, 0) is 14.8 Å². The van der Waals surface area contributed by atoms with Gasteiger partial charge in [-0.1, -0.05) is 0 Å². The van der Waals surface area contributed by atoms with Gasteiger partial charge in [0.05, 0.1) is 24.0 Å². The largest absolute Gasteiger partial charge is 0.465 e. The quantitative estimate of drug-likeness (QED) is 0.787. The number of piperidine rings is 1. The van der Waals surface area contributed by atoms with Crippen molar-refractivity contribution in [3.8, 4) is 0 Å². The number of carbonyl (C=O) groups is 1. The predicted octanol–water partition coefficient (Wildman–Crippen LogP) is 0.863. The maximum Gasteiger partial charge on any atom is 0.407 e. The van der Waals surface area contributed by atoms with Gasteiger partial charge in [0.2, 0.25) is 10.0 Å². The molecule has 1 amide bonds. The first-order valence-corrected chi connectivity index (χ1v) is 8.63. The number of carboxylic acid groups (broad SMARTS) is 1. The average Bonchev–Trinajstić information content (AvgIpc) is 2.71. The van der Waals surface area contributed by atoms with Gasteiger partial charge in [0.15, 0.2) is 0 Å². The summed E-state index contributed by atoms with van der Waals surface area (Å²) >= 11 is 0. The van der Waals surface area contributed by atoms with Crippen molar-refractivity contribution in [3.05, 3.63) is 0 Å². The fraction of sp³-hybridized carbons (Fsp3) is 0.923. The van der Waals surface area contributed by atoms with Gasteiger partial charge in [-0.15, -0.1) is 0 Å². The van der Waals surface area contributed by atoms with Crippen molar-refractivity contribution in [3.63, 3.8) is 0 Å². The van der Waals surface area contributed by atoms with Crippen molar-refractivity contribution in [1.82, 2.24) is 9.62 Å². The van der Waals surface area contributed by atoms with Gasteiger partial charge in [-0.3, -0.25) is 0 Å². The highest BCUT2D eigenvalue weighted by atomic mass is 32.2. The molecule has 0 aromatic heterocycles. The SMILES string of the molecule is CC(C)(C)S(=O)(=O)N[C@@H]1COCC12CCN(C(=O)O)CC2. The molecule has 7 nitrogen and oxygen atoms in total. The minimum atomic E-state index is -3.45. The molecule has 0 aromatic carbocycles. The van der Waals surface area contributed by atoms with Crippen LogP contribution in [-0.4, -0.2) is 61.6 Å². The number of ether oxygens (including phenoxy) is 1. The molecule has 2 aliphatic rings. The Morgan fingerprint density at radius 3 is 2.38 bits per heavy atom. The third-order valence-corrected chi connectivity index (χ3v) is 6.75. The summed E-state index contributed by atoms with van der Waals surface area (Å²) in [6.45, 7) is 6.65. The Labute approximate surface area is 125 Å². The maximum absolute atomic E-state index is 12.3. The van der Waals surface area contributed by atoms with E-state index in [2.05, 4.69) is 4.72 Å². The van der Waals surface area contributed by atoms with Crippen molar-refractivity contribution in [2.24, 2.45) is 5.41 Å². The van der Waals surface area contributed by atoms with Crippen molar-refractivity contribution in [1.29, 1.82) is 0 Å². The van der Waals surface area contributed by atoms with Crippen molar-refractivity contribution in [2.45, 2.75) is 44.4 Å². The number of sulfonamides is 1. The van der Waals surface area contributed by atoms with E-state index < -0.39 is 20.9 Å². The molecular formula is C13H24N2O5S. The molecule has 122 valence electrons. The predicted molar refractivity (Wildman–Crippen MR) is 77.7 cm³/mol. The number of likely N-dealkylation sites (tertiary alicyclic amines) is 1. The van der Waals surface area contributed by atoms with E-state index in [-0.39, 0.29) is 11.5 Å². The van der Waals surface area contributed by atoms with Gasteiger partial charge < -0.3 is 14.7 Å². The van der Waals surface area contributed by atoms with E-state index in [9.17, 15) is 13.2 Å². The second-order valence-electron chi connectivity index (χ2n) is 6.93. The van der Waals surface area contributed by atoms with Crippen molar-refractivity contribution < 1.29 is 23.1 Å². The van der Waals surface area contributed by atoms with Gasteiger partial charge in [-0.2, -0.15) is 0 Å². The summed E-state index contributed by atoms with van der Waals surface area (Å²) in [7, 11) is -3.45. The molecule has 0 aliphatic carbocycles. The molecule has 1 spiro atoms. The molecule has 0 aromatic rings. The second-order valence-corrected chi connectivity index (χ2v) is 9.40. The van der Waals surface area contributed by atoms with Crippen LogP contribution in [0.5, 0.6) is 0 Å². The maximum atomic E-state index is 12.3. The molecule has 21 heavy (non-hydrogen) atoms. The number of nitrogens with one attached hydrogen (secondary N) is 1. The smallest absolute Gasteiger partial charge is 0.407 e. The van der Waals surface area contributed by atoms with Crippen LogP contribution in [0.15, 0.2) is 0 Å². The van der Waals surface area contributed by atoms with E-state index in [4.69, 9.17) is 9.84 Å². The van der Waals surface area contributed by atoms with Gasteiger partial charge in [0.1, 0.15) is 0 Å². The number of nitrogens with zero attached hydrogens (tertiary/aromatic N) is 1. The van der Waals surface area contributed by atoms with Crippen LogP contribution in [0.2, 0.25) is 0 Å². The lowest BCUT2D eigenvalue weighted by atomic mass is 9.75. The minimum absolute atomic E-state index is 0.280. The lowest BCUT2D eigenvalue weighted by Gasteiger charge is -2.41. The highest BCUT2D eigenvalue weighted by molar-refractivity contribution is 7.90. The lowest BCUT2D eigenvalue weighted by Crippen LogP contribution is -2.55. The normalized spacial score (nSPS) is 26.2. The van der Waals surface area contributed by atoms with Gasteiger partial charge in [0.25, 0.3) is 0 Å². The highest BCUT2D eigenvalue weighted by Gasteiger charge is 2.49. The Hall–Kier alpha value is -0.860. The van der Waals surface area contributed by atoms with Crippen LogP contribution in [0.25, 0.3) is 0 Å². The lowest BCUT2D eigenvalue weighted by molar-refractivity contribution is 0.0693. The summed E-state index contributed by atoms with van der Waals surface area (Å²) in [5.41, 5.74) is -0.287. The van der Waals surface area contributed by atoms with Crippen molar-refractivity contribution in [2.75, 3.05) is 26.3 Å². The molecule has 1 atom stereocenters. The molecule has 0 bridgehead atoms. The van der Waals surface area contributed by atoms with Crippen molar-refractivity contribution >= 4 is 16.1 Å². The fourth-order valence-electron chi connectivity index (χ4n) is 2.82. The van der Waals surface area contributed by atoms with E-state index in [1.165, 1.54) is 4.90 Å². The van der Waals surface area contributed by atoms with E-state index in [0.29, 0.717) is 39.1 Å². The van der Waals surface area contributed by atoms with Gasteiger partial charge in [-0.25, -0.2) is 17.9 Å². The summed E-state index contributed by atoms with van der Waals surface area (Å²) in [6, 6.07) is -0.280. The molecule has 2 aliphatic heterocycles. The van der Waals surface area contributed by atoms with Gasteiger partial charge >= 0.3 is 6.09 Å². The molecular weight excluding hydrogens is 296 g/mol. The number of hydrogen-bond donors (Lipinski definition) is 2. The van der Waals surface area contributed by atoms with Crippen LogP contribution in [0.3, 0.4) is 0 Å². The second kappa shape index (κ2) is 5.40. The zero-order chi connectivity index (χ0) is 15.9. The number of rotatable bonds is 2. The summed E-state index contributed by atoms with van der Waals surface area (Å²) < 4.78 is 32.1. The van der Waals surface area contributed by atoms with E-state index in [1.54, 1.807) is 20.8 Å². The first-order valence-electron chi connectivity index (χ1n) is 7.15. The molecule has 2 N–H and O–H groups in total.